The van der Waals surface area contributed by atoms with E-state index in [1.807, 2.05) is 0 Å². The Hall–Kier alpha value is -1.85. The molecule has 0 radical (unpaired) electrons. The van der Waals surface area contributed by atoms with Crippen LogP contribution in [0.4, 0.5) is 0 Å². The molecule has 0 unspecified atom stereocenters. The highest BCUT2D eigenvalue weighted by Crippen LogP contribution is 1.87. The summed E-state index contributed by atoms with van der Waals surface area (Å²) in [5.74, 6) is -1.01. The third-order valence-corrected chi connectivity index (χ3v) is 1.75. The summed E-state index contributed by atoms with van der Waals surface area (Å²) >= 11 is 0. The number of amides is 1. The van der Waals surface area contributed by atoms with E-state index < -0.39 is 5.97 Å². The summed E-state index contributed by atoms with van der Waals surface area (Å²) in [4.78, 5) is 21.4. The summed E-state index contributed by atoms with van der Waals surface area (Å²) < 4.78 is 1.51. The van der Waals surface area contributed by atoms with Gasteiger partial charge in [-0.2, -0.15) is 5.10 Å². The van der Waals surface area contributed by atoms with Crippen LogP contribution >= 0.6 is 0 Å². The number of carbonyl (C=O) groups excluding carboxylic acids is 1. The molecule has 0 aromatic carbocycles. The van der Waals surface area contributed by atoms with Gasteiger partial charge < -0.3 is 10.4 Å². The summed E-state index contributed by atoms with van der Waals surface area (Å²) in [5.41, 5.74) is 0. The molecule has 0 bridgehead atoms. The van der Waals surface area contributed by atoms with Crippen LogP contribution in [0.15, 0.2) is 18.5 Å². The van der Waals surface area contributed by atoms with Crippen molar-refractivity contribution in [2.45, 2.75) is 19.4 Å². The molecule has 2 N–H and O–H groups in total. The standard InChI is InChI=1S/C9H13N3O3/c13-8(7-12-6-2-5-11-12)10-4-1-3-9(14)15/h2,5-6H,1,3-4,7H2,(H,10,13)(H,14,15). The molecule has 0 spiro atoms. The van der Waals surface area contributed by atoms with E-state index in [0.717, 1.165) is 0 Å². The number of rotatable bonds is 6. The zero-order valence-corrected chi connectivity index (χ0v) is 8.22. The summed E-state index contributed by atoms with van der Waals surface area (Å²) in [6.45, 7) is 0.548. The Kier molecular flexibility index (Phi) is 4.33. The van der Waals surface area contributed by atoms with Crippen LogP contribution in [-0.4, -0.2) is 33.3 Å². The topological polar surface area (TPSA) is 84.2 Å². The minimum atomic E-state index is -0.851. The number of nitrogens with one attached hydrogen (secondary N) is 1. The summed E-state index contributed by atoms with van der Waals surface area (Å²) in [5, 5.41) is 14.8. The number of carboxylic acids is 1. The number of hydrogen-bond acceptors (Lipinski definition) is 3. The first-order chi connectivity index (χ1) is 7.18. The van der Waals surface area contributed by atoms with Crippen molar-refractivity contribution in [3.05, 3.63) is 18.5 Å². The number of carbonyl (C=O) groups is 2. The molecule has 0 aliphatic rings. The van der Waals surface area contributed by atoms with Gasteiger partial charge in [-0.05, 0) is 12.5 Å². The van der Waals surface area contributed by atoms with Gasteiger partial charge in [0.1, 0.15) is 6.54 Å². The number of aliphatic carboxylic acids is 1. The maximum absolute atomic E-state index is 11.2. The second-order valence-electron chi connectivity index (χ2n) is 3.05. The van der Waals surface area contributed by atoms with Crippen molar-refractivity contribution in [1.82, 2.24) is 15.1 Å². The van der Waals surface area contributed by atoms with E-state index in [0.29, 0.717) is 13.0 Å². The first-order valence-electron chi connectivity index (χ1n) is 4.64. The molecule has 1 rings (SSSR count). The van der Waals surface area contributed by atoms with Crippen molar-refractivity contribution in [2.24, 2.45) is 0 Å². The molecule has 0 aliphatic carbocycles. The molecule has 0 atom stereocenters. The van der Waals surface area contributed by atoms with E-state index in [2.05, 4.69) is 10.4 Å². The molecule has 1 heterocycles. The smallest absolute Gasteiger partial charge is 0.303 e. The Bertz CT molecular complexity index is 321. The number of carboxylic acid groups (broad SMARTS) is 1. The molecule has 0 fully saturated rings. The molecule has 82 valence electrons. The van der Waals surface area contributed by atoms with Crippen LogP contribution in [0.25, 0.3) is 0 Å². The van der Waals surface area contributed by atoms with Crippen LogP contribution in [0.5, 0.6) is 0 Å². The van der Waals surface area contributed by atoms with E-state index in [9.17, 15) is 9.59 Å². The minimum Gasteiger partial charge on any atom is -0.481 e. The second-order valence-corrected chi connectivity index (χ2v) is 3.05. The van der Waals surface area contributed by atoms with E-state index in [-0.39, 0.29) is 18.9 Å². The van der Waals surface area contributed by atoms with Gasteiger partial charge >= 0.3 is 5.97 Å². The predicted molar refractivity (Wildman–Crippen MR) is 52.1 cm³/mol. The van der Waals surface area contributed by atoms with Crippen molar-refractivity contribution in [3.63, 3.8) is 0 Å². The maximum atomic E-state index is 11.2. The number of hydrogen-bond donors (Lipinski definition) is 2. The lowest BCUT2D eigenvalue weighted by atomic mass is 10.3. The Morgan fingerprint density at radius 3 is 2.87 bits per heavy atom. The average Bonchev–Trinajstić information content (AvgIpc) is 2.64. The van der Waals surface area contributed by atoms with Crippen LogP contribution < -0.4 is 5.32 Å². The van der Waals surface area contributed by atoms with Gasteiger partial charge in [0.05, 0.1) is 0 Å². The molecule has 0 saturated heterocycles. The van der Waals surface area contributed by atoms with Gasteiger partial charge in [0.25, 0.3) is 0 Å². The summed E-state index contributed by atoms with van der Waals surface area (Å²) in [6, 6.07) is 1.73. The highest BCUT2D eigenvalue weighted by Gasteiger charge is 2.02. The van der Waals surface area contributed by atoms with Gasteiger partial charge in [-0.3, -0.25) is 14.3 Å². The Labute approximate surface area is 86.9 Å². The van der Waals surface area contributed by atoms with Crippen molar-refractivity contribution in [1.29, 1.82) is 0 Å². The van der Waals surface area contributed by atoms with Crippen LogP contribution in [0.1, 0.15) is 12.8 Å². The van der Waals surface area contributed by atoms with Gasteiger partial charge in [0.15, 0.2) is 0 Å². The molecule has 1 aromatic heterocycles. The molecule has 0 aliphatic heterocycles. The lowest BCUT2D eigenvalue weighted by Crippen LogP contribution is -2.28. The van der Waals surface area contributed by atoms with Gasteiger partial charge in [-0.15, -0.1) is 0 Å². The third kappa shape index (κ3) is 4.80. The maximum Gasteiger partial charge on any atom is 0.303 e. The fourth-order valence-corrected chi connectivity index (χ4v) is 1.06. The average molecular weight is 211 g/mol. The molecule has 1 amide bonds. The van der Waals surface area contributed by atoms with Crippen LogP contribution in [-0.2, 0) is 16.1 Å². The number of nitrogens with zero attached hydrogens (tertiary/aromatic N) is 2. The molecular formula is C9H13N3O3. The quantitative estimate of drug-likeness (QED) is 0.642. The monoisotopic (exact) mass is 211 g/mol. The van der Waals surface area contributed by atoms with Gasteiger partial charge in [-0.1, -0.05) is 0 Å². The Morgan fingerprint density at radius 2 is 2.27 bits per heavy atom. The van der Waals surface area contributed by atoms with Crippen molar-refractivity contribution in [2.75, 3.05) is 6.54 Å². The van der Waals surface area contributed by atoms with Crippen LogP contribution in [0.2, 0.25) is 0 Å². The lowest BCUT2D eigenvalue weighted by Gasteiger charge is -2.03. The third-order valence-electron chi connectivity index (χ3n) is 1.75. The predicted octanol–water partition coefficient (Wildman–Crippen LogP) is -0.136. The normalized spacial score (nSPS) is 9.87. The van der Waals surface area contributed by atoms with Gasteiger partial charge in [-0.25, -0.2) is 0 Å². The molecule has 15 heavy (non-hydrogen) atoms. The van der Waals surface area contributed by atoms with Crippen LogP contribution in [0.3, 0.4) is 0 Å². The minimum absolute atomic E-state index is 0.0715. The highest BCUT2D eigenvalue weighted by molar-refractivity contribution is 5.75. The SMILES string of the molecule is O=C(O)CCCNC(=O)Cn1cccn1. The van der Waals surface area contributed by atoms with Crippen molar-refractivity contribution < 1.29 is 14.7 Å². The fourth-order valence-electron chi connectivity index (χ4n) is 1.06. The van der Waals surface area contributed by atoms with E-state index in [1.165, 1.54) is 4.68 Å². The number of aromatic nitrogens is 2. The zero-order chi connectivity index (χ0) is 11.1. The molecule has 1 aromatic rings. The van der Waals surface area contributed by atoms with Crippen molar-refractivity contribution >= 4 is 11.9 Å². The summed E-state index contributed by atoms with van der Waals surface area (Å²) in [6.07, 6.45) is 3.80. The van der Waals surface area contributed by atoms with E-state index in [1.54, 1.807) is 18.5 Å². The molecular weight excluding hydrogens is 198 g/mol. The summed E-state index contributed by atoms with van der Waals surface area (Å²) in [7, 11) is 0. The second kappa shape index (κ2) is 5.79. The van der Waals surface area contributed by atoms with E-state index in [4.69, 9.17) is 5.11 Å². The fraction of sp³-hybridized carbons (Fsp3) is 0.444. The van der Waals surface area contributed by atoms with Gasteiger partial charge in [0, 0.05) is 25.4 Å². The first-order valence-corrected chi connectivity index (χ1v) is 4.64. The largest absolute Gasteiger partial charge is 0.481 e. The molecule has 6 nitrogen and oxygen atoms in total. The zero-order valence-electron chi connectivity index (χ0n) is 8.22. The lowest BCUT2D eigenvalue weighted by molar-refractivity contribution is -0.137. The Morgan fingerprint density at radius 1 is 1.47 bits per heavy atom. The Balaban J connectivity index is 2.11. The molecule has 0 saturated carbocycles. The van der Waals surface area contributed by atoms with Crippen LogP contribution in [0, 0.1) is 0 Å². The van der Waals surface area contributed by atoms with E-state index >= 15 is 0 Å². The van der Waals surface area contributed by atoms with Gasteiger partial charge in [0.2, 0.25) is 5.91 Å². The molecule has 6 heteroatoms. The highest BCUT2D eigenvalue weighted by atomic mass is 16.4. The van der Waals surface area contributed by atoms with Crippen molar-refractivity contribution in [3.8, 4) is 0 Å². The first kappa shape index (κ1) is 11.2.